The molecule has 11 heteroatoms. The Labute approximate surface area is 222 Å². The van der Waals surface area contributed by atoms with Crippen LogP contribution in [0.1, 0.15) is 42.9 Å². The van der Waals surface area contributed by atoms with E-state index in [0.29, 0.717) is 29.0 Å². The van der Waals surface area contributed by atoms with Gasteiger partial charge in [0.15, 0.2) is 11.2 Å². The summed E-state index contributed by atoms with van der Waals surface area (Å²) >= 11 is 1.30. The van der Waals surface area contributed by atoms with Crippen molar-refractivity contribution in [2.75, 3.05) is 25.1 Å². The molecule has 2 fully saturated rings. The van der Waals surface area contributed by atoms with Crippen molar-refractivity contribution < 1.29 is 26.5 Å². The van der Waals surface area contributed by atoms with Gasteiger partial charge in [0.05, 0.1) is 29.1 Å². The molecule has 0 unspecified atom stereocenters. The summed E-state index contributed by atoms with van der Waals surface area (Å²) < 4.78 is 73.0. The maximum atomic E-state index is 16.0. The number of methoxy groups -OCH3 is 1. The van der Waals surface area contributed by atoms with Crippen LogP contribution in [-0.2, 0) is 10.1 Å². The van der Waals surface area contributed by atoms with Crippen LogP contribution in [0.5, 0.6) is 5.75 Å². The summed E-state index contributed by atoms with van der Waals surface area (Å²) in [6.07, 6.45) is 3.45. The highest BCUT2D eigenvalue weighted by atomic mass is 32.2. The Morgan fingerprint density at radius 2 is 1.79 bits per heavy atom. The van der Waals surface area contributed by atoms with Crippen LogP contribution in [-0.4, -0.2) is 37.7 Å². The summed E-state index contributed by atoms with van der Waals surface area (Å²) in [4.78, 5) is 16.0. The second-order valence-corrected chi connectivity index (χ2v) is 12.3. The molecule has 2 aliphatic rings. The highest BCUT2D eigenvalue weighted by molar-refractivity contribution is 7.86. The van der Waals surface area contributed by atoms with E-state index in [1.54, 1.807) is 5.38 Å². The lowest BCUT2D eigenvalue weighted by Crippen LogP contribution is -2.22. The smallest absolute Gasteiger partial charge is 0.295 e. The van der Waals surface area contributed by atoms with Crippen LogP contribution in [0.2, 0.25) is 0 Å². The minimum Gasteiger partial charge on any atom is -0.494 e. The van der Waals surface area contributed by atoms with Crippen LogP contribution in [0.4, 0.5) is 14.5 Å². The summed E-state index contributed by atoms with van der Waals surface area (Å²) in [5, 5.41) is 2.15. The molecule has 1 saturated carbocycles. The number of pyridine rings is 1. The van der Waals surface area contributed by atoms with Crippen molar-refractivity contribution in [3.8, 4) is 16.9 Å². The Hall–Kier alpha value is -3.02. The third kappa shape index (κ3) is 3.66. The van der Waals surface area contributed by atoms with E-state index in [0.717, 1.165) is 25.7 Å². The van der Waals surface area contributed by atoms with Gasteiger partial charge in [0.25, 0.3) is 10.1 Å². The monoisotopic (exact) mass is 560 g/mol. The predicted molar refractivity (Wildman–Crippen MR) is 145 cm³/mol. The van der Waals surface area contributed by atoms with Gasteiger partial charge in [0.2, 0.25) is 0 Å². The molecular formula is C27H26F2N2O5S2. The number of ether oxygens (including phenoxy) is 1. The normalized spacial score (nSPS) is 16.2. The molecule has 1 saturated heterocycles. The molecule has 1 aliphatic heterocycles. The number of halogens is 2. The third-order valence-corrected chi connectivity index (χ3v) is 9.76. The van der Waals surface area contributed by atoms with Crippen LogP contribution in [0.3, 0.4) is 0 Å². The van der Waals surface area contributed by atoms with Gasteiger partial charge in [-0.25, -0.2) is 8.78 Å². The first-order valence-corrected chi connectivity index (χ1v) is 14.7. The lowest BCUT2D eigenvalue weighted by molar-refractivity contribution is 0.414. The van der Waals surface area contributed by atoms with E-state index in [1.165, 1.54) is 44.4 Å². The van der Waals surface area contributed by atoms with Crippen molar-refractivity contribution in [2.24, 2.45) is 0 Å². The van der Waals surface area contributed by atoms with Gasteiger partial charge in [-0.3, -0.25) is 9.35 Å². The van der Waals surface area contributed by atoms with Gasteiger partial charge in [-0.2, -0.15) is 8.42 Å². The summed E-state index contributed by atoms with van der Waals surface area (Å²) in [6, 6.07) is 2.53. The van der Waals surface area contributed by atoms with Gasteiger partial charge in [0.1, 0.15) is 21.3 Å². The second-order valence-electron chi connectivity index (χ2n) is 10.0. The van der Waals surface area contributed by atoms with Crippen molar-refractivity contribution in [3.05, 3.63) is 50.5 Å². The SMILES string of the molecule is COc1cc(F)cc2c(=O)c3c(-c4c(C)c(S(=O)(=O)O)c(C)c(F)c4N4CCCC4)csc3n(C3CC3)c12. The molecule has 2 aromatic carbocycles. The first-order chi connectivity index (χ1) is 18.0. The fourth-order valence-corrected chi connectivity index (χ4v) is 8.02. The molecule has 38 heavy (non-hydrogen) atoms. The Kier molecular flexibility index (Phi) is 5.82. The topological polar surface area (TPSA) is 88.8 Å². The molecule has 6 rings (SSSR count). The molecule has 0 spiro atoms. The van der Waals surface area contributed by atoms with E-state index in [9.17, 15) is 22.2 Å². The minimum atomic E-state index is -4.77. The van der Waals surface area contributed by atoms with E-state index < -0.39 is 32.1 Å². The number of anilines is 1. The predicted octanol–water partition coefficient (Wildman–Crippen LogP) is 5.97. The van der Waals surface area contributed by atoms with E-state index in [-0.39, 0.29) is 44.9 Å². The summed E-state index contributed by atoms with van der Waals surface area (Å²) in [5.74, 6) is -1.10. The van der Waals surface area contributed by atoms with Crippen LogP contribution < -0.4 is 15.1 Å². The van der Waals surface area contributed by atoms with E-state index in [2.05, 4.69) is 0 Å². The van der Waals surface area contributed by atoms with Crippen LogP contribution in [0.15, 0.2) is 27.2 Å². The van der Waals surface area contributed by atoms with Crippen molar-refractivity contribution in [1.29, 1.82) is 0 Å². The lowest BCUT2D eigenvalue weighted by atomic mass is 9.94. The van der Waals surface area contributed by atoms with Crippen LogP contribution in [0, 0.1) is 25.5 Å². The molecule has 3 heterocycles. The van der Waals surface area contributed by atoms with E-state index in [4.69, 9.17) is 4.74 Å². The zero-order valence-electron chi connectivity index (χ0n) is 21.1. The molecule has 1 N–H and O–H groups in total. The van der Waals surface area contributed by atoms with Crippen molar-refractivity contribution in [2.45, 2.75) is 50.5 Å². The molecular weight excluding hydrogens is 534 g/mol. The van der Waals surface area contributed by atoms with Crippen molar-refractivity contribution >= 4 is 48.3 Å². The number of benzene rings is 2. The molecule has 4 aromatic rings. The highest BCUT2D eigenvalue weighted by Gasteiger charge is 2.34. The summed E-state index contributed by atoms with van der Waals surface area (Å²) in [7, 11) is -3.34. The minimum absolute atomic E-state index is 0.0914. The number of hydrogen-bond donors (Lipinski definition) is 1. The maximum absolute atomic E-state index is 16.0. The Morgan fingerprint density at radius 3 is 2.39 bits per heavy atom. The fraction of sp³-hybridized carbons (Fsp3) is 0.370. The maximum Gasteiger partial charge on any atom is 0.295 e. The Bertz CT molecular complexity index is 1820. The van der Waals surface area contributed by atoms with E-state index in [1.807, 2.05) is 9.47 Å². The number of nitrogens with zero attached hydrogens (tertiary/aromatic N) is 2. The molecule has 0 bridgehead atoms. The zero-order valence-corrected chi connectivity index (χ0v) is 22.7. The standard InChI is InChI=1S/C27H26F2N2O5S2/c1-13-20(24(30-8-4-5-9-30)22(29)14(2)26(13)38(33,34)35)18-12-37-27-21(18)25(32)17-10-15(28)11-19(36-3)23(17)31(27)16-6-7-16/h10-12,16H,4-9H2,1-3H3,(H,33,34,35). The van der Waals surface area contributed by atoms with Gasteiger partial charge < -0.3 is 14.2 Å². The summed E-state index contributed by atoms with van der Waals surface area (Å²) in [5.41, 5.74) is 0.924. The molecule has 0 radical (unpaired) electrons. The average molecular weight is 561 g/mol. The Morgan fingerprint density at radius 1 is 1.11 bits per heavy atom. The molecule has 200 valence electrons. The number of hydrogen-bond acceptors (Lipinski definition) is 6. The van der Waals surface area contributed by atoms with Gasteiger partial charge in [-0.15, -0.1) is 11.3 Å². The number of thiophene rings is 1. The molecule has 2 aromatic heterocycles. The number of aromatic nitrogens is 1. The lowest BCUT2D eigenvalue weighted by Gasteiger charge is -2.26. The van der Waals surface area contributed by atoms with E-state index >= 15 is 4.39 Å². The first kappa shape index (κ1) is 25.3. The molecule has 0 atom stereocenters. The highest BCUT2D eigenvalue weighted by Crippen LogP contribution is 2.49. The number of fused-ring (bicyclic) bond motifs is 2. The second kappa shape index (κ2) is 8.75. The summed E-state index contributed by atoms with van der Waals surface area (Å²) in [6.45, 7) is 4.02. The zero-order chi connectivity index (χ0) is 27.1. The average Bonchev–Trinajstić information content (AvgIpc) is 3.36. The Balaban J connectivity index is 1.80. The molecule has 1 aliphatic carbocycles. The molecule has 7 nitrogen and oxygen atoms in total. The fourth-order valence-electron chi connectivity index (χ4n) is 5.91. The van der Waals surface area contributed by atoms with Crippen LogP contribution >= 0.6 is 11.3 Å². The van der Waals surface area contributed by atoms with Gasteiger partial charge >= 0.3 is 0 Å². The third-order valence-electron chi connectivity index (χ3n) is 7.65. The van der Waals surface area contributed by atoms with Gasteiger partial charge in [0, 0.05) is 47.3 Å². The number of rotatable bonds is 5. The van der Waals surface area contributed by atoms with Crippen LogP contribution in [0.25, 0.3) is 32.2 Å². The quantitative estimate of drug-likeness (QED) is 0.303. The van der Waals surface area contributed by atoms with Gasteiger partial charge in [-0.1, -0.05) is 0 Å². The largest absolute Gasteiger partial charge is 0.494 e. The van der Waals surface area contributed by atoms with Crippen molar-refractivity contribution in [1.82, 2.24) is 4.57 Å². The first-order valence-electron chi connectivity index (χ1n) is 12.4. The molecule has 0 amide bonds. The van der Waals surface area contributed by atoms with Gasteiger partial charge in [-0.05, 0) is 51.2 Å². The van der Waals surface area contributed by atoms with Crippen molar-refractivity contribution in [3.63, 3.8) is 0 Å².